The predicted molar refractivity (Wildman–Crippen MR) is 140 cm³/mol. The van der Waals surface area contributed by atoms with Crippen molar-refractivity contribution < 1.29 is 19.4 Å². The van der Waals surface area contributed by atoms with Crippen molar-refractivity contribution in [3.8, 4) is 0 Å². The summed E-state index contributed by atoms with van der Waals surface area (Å²) in [6.45, 7) is 0.676. The number of aliphatic carboxylic acids is 1. The van der Waals surface area contributed by atoms with Gasteiger partial charge in [0.25, 0.3) is 0 Å². The Hall–Kier alpha value is -2.80. The maximum absolute atomic E-state index is 13.7. The molecule has 6 rings (SSSR count). The Labute approximate surface area is 214 Å². The van der Waals surface area contributed by atoms with Gasteiger partial charge in [-0.3, -0.25) is 9.59 Å². The number of carboxylic acids is 1. The van der Waals surface area contributed by atoms with Crippen LogP contribution in [-0.2, 0) is 14.3 Å². The maximum atomic E-state index is 13.7. The van der Waals surface area contributed by atoms with Gasteiger partial charge >= 0.3 is 5.97 Å². The molecule has 2 atom stereocenters. The van der Waals surface area contributed by atoms with E-state index < -0.39 is 11.4 Å². The molecule has 1 N–H and O–H groups in total. The number of fused-ring (bicyclic) bond motifs is 3. The molecule has 6 aliphatic carbocycles. The van der Waals surface area contributed by atoms with Gasteiger partial charge in [-0.2, -0.15) is 0 Å². The number of carbonyl (C=O) groups excluding carboxylic acids is 1. The smallest absolute Gasteiger partial charge is 0.309 e. The van der Waals surface area contributed by atoms with Crippen molar-refractivity contribution in [2.45, 2.75) is 83.5 Å². The van der Waals surface area contributed by atoms with E-state index in [0.717, 1.165) is 70.0 Å². The Morgan fingerprint density at radius 3 is 2.47 bits per heavy atom. The molecule has 0 aromatic rings. The van der Waals surface area contributed by atoms with Gasteiger partial charge in [-0.25, -0.2) is 0 Å². The Balaban J connectivity index is 1.14. The van der Waals surface area contributed by atoms with Crippen molar-refractivity contribution in [3.63, 3.8) is 0 Å². The molecule has 0 radical (unpaired) electrons. The van der Waals surface area contributed by atoms with Crippen LogP contribution >= 0.6 is 0 Å². The number of rotatable bonds is 7. The fourth-order valence-corrected chi connectivity index (χ4v) is 6.95. The number of carboxylic acid groups (broad SMARTS) is 1. The third-order valence-electron chi connectivity index (χ3n) is 9.49. The van der Waals surface area contributed by atoms with Crippen LogP contribution in [-0.4, -0.2) is 23.5 Å². The molecule has 4 fully saturated rings. The second-order valence-electron chi connectivity index (χ2n) is 11.5. The Bertz CT molecular complexity index is 1090. The largest absolute Gasteiger partial charge is 0.493 e. The van der Waals surface area contributed by atoms with Crippen LogP contribution in [0.4, 0.5) is 0 Å². The summed E-state index contributed by atoms with van der Waals surface area (Å²) in [4.78, 5) is 25.4. The number of allylic oxidation sites excluding steroid dienone is 7. The summed E-state index contributed by atoms with van der Waals surface area (Å²) in [7, 11) is 0. The molecule has 190 valence electrons. The lowest BCUT2D eigenvalue weighted by Crippen LogP contribution is -2.50. The zero-order chi connectivity index (χ0) is 25.0. The molecular weight excluding hydrogens is 448 g/mol. The third-order valence-corrected chi connectivity index (χ3v) is 9.49. The first kappa shape index (κ1) is 24.9. The monoisotopic (exact) mass is 486 g/mol. The first-order valence-electron chi connectivity index (χ1n) is 13.9. The van der Waals surface area contributed by atoms with Crippen LogP contribution in [0.2, 0.25) is 0 Å². The average molecular weight is 487 g/mol. The van der Waals surface area contributed by atoms with Crippen LogP contribution in [0.3, 0.4) is 0 Å². The minimum absolute atomic E-state index is 0.132. The molecule has 0 aliphatic heterocycles. The van der Waals surface area contributed by atoms with E-state index in [1.54, 1.807) is 0 Å². The fraction of sp³-hybridized carbons (Fsp3) is 0.562. The van der Waals surface area contributed by atoms with Gasteiger partial charge in [0.15, 0.2) is 0 Å². The number of carbonyl (C=O) groups is 2. The predicted octanol–water partition coefficient (Wildman–Crippen LogP) is 7.16. The summed E-state index contributed by atoms with van der Waals surface area (Å²) in [5.74, 6) is 1.22. The minimum Gasteiger partial charge on any atom is -0.493 e. The van der Waals surface area contributed by atoms with Gasteiger partial charge in [0.2, 0.25) is 0 Å². The van der Waals surface area contributed by atoms with Gasteiger partial charge in [0.05, 0.1) is 12.0 Å². The van der Waals surface area contributed by atoms with E-state index in [-0.39, 0.29) is 11.3 Å². The van der Waals surface area contributed by atoms with E-state index in [4.69, 9.17) is 4.74 Å². The summed E-state index contributed by atoms with van der Waals surface area (Å²) >= 11 is 0. The molecule has 4 saturated carbocycles. The third kappa shape index (κ3) is 5.17. The van der Waals surface area contributed by atoms with Crippen LogP contribution in [0.5, 0.6) is 0 Å². The molecule has 4 heteroatoms. The van der Waals surface area contributed by atoms with Gasteiger partial charge in [-0.15, -0.1) is 11.5 Å². The van der Waals surface area contributed by atoms with E-state index in [1.165, 1.54) is 11.1 Å². The second-order valence-corrected chi connectivity index (χ2v) is 11.5. The molecule has 6 aliphatic rings. The molecule has 1 unspecified atom stereocenters. The first-order valence-corrected chi connectivity index (χ1v) is 13.9. The summed E-state index contributed by atoms with van der Waals surface area (Å²) in [5.41, 5.74) is 8.09. The number of ketones is 1. The summed E-state index contributed by atoms with van der Waals surface area (Å²) < 4.78 is 6.20. The highest BCUT2D eigenvalue weighted by Crippen LogP contribution is 2.58. The van der Waals surface area contributed by atoms with Crippen molar-refractivity contribution in [1.82, 2.24) is 0 Å². The van der Waals surface area contributed by atoms with Gasteiger partial charge in [0, 0.05) is 17.4 Å². The summed E-state index contributed by atoms with van der Waals surface area (Å²) in [5, 5.41) is 9.68. The van der Waals surface area contributed by atoms with Gasteiger partial charge < -0.3 is 9.84 Å². The standard InChI is InChI=1S/C32H38O4/c33-29(31-17-20-32(21-18-31,22-19-31)30(34)35)27-11-5-7-24(13-14-27)23-36-28-12-6-10-26(15-16-28)25-8-3-1-2-4-9-25/h1,4,9-10,12,15-16,24,27H,3,5,7-8,11,13-14,17-23H2,(H,34,35)/t24-,27?,31?,32?/m1/s1. The van der Waals surface area contributed by atoms with Crippen molar-refractivity contribution in [2.75, 3.05) is 6.61 Å². The van der Waals surface area contributed by atoms with E-state index in [9.17, 15) is 14.7 Å². The summed E-state index contributed by atoms with van der Waals surface area (Å²) in [6, 6.07) is 0. The molecule has 36 heavy (non-hydrogen) atoms. The Kier molecular flexibility index (Phi) is 7.37. The zero-order valence-electron chi connectivity index (χ0n) is 21.3. The molecule has 0 saturated heterocycles. The average Bonchev–Trinajstić information content (AvgIpc) is 3.41. The number of Topliss-reactive ketones (excluding diaryl/α,β-unsaturated/α-hetero) is 1. The van der Waals surface area contributed by atoms with Crippen molar-refractivity contribution in [3.05, 3.63) is 70.9 Å². The summed E-state index contributed by atoms with van der Waals surface area (Å²) in [6.07, 6.45) is 25.7. The van der Waals surface area contributed by atoms with E-state index in [0.29, 0.717) is 37.6 Å². The SMILES string of the molecule is O=C(O)C12CCC(C(=O)C3CCC[C@@H](COC4=CC=C(C5=CC=C=CCC5)C=C=C4)CC3)(CC1)CC2. The van der Waals surface area contributed by atoms with Crippen LogP contribution < -0.4 is 0 Å². The molecule has 0 aromatic carbocycles. The van der Waals surface area contributed by atoms with Crippen LogP contribution in [0, 0.1) is 22.7 Å². The molecule has 0 heterocycles. The van der Waals surface area contributed by atoms with Gasteiger partial charge in [0.1, 0.15) is 11.5 Å². The van der Waals surface area contributed by atoms with Crippen LogP contribution in [0.25, 0.3) is 0 Å². The van der Waals surface area contributed by atoms with Gasteiger partial charge in [-0.1, -0.05) is 18.6 Å². The minimum atomic E-state index is -0.655. The highest BCUT2D eigenvalue weighted by molar-refractivity contribution is 5.88. The van der Waals surface area contributed by atoms with Crippen LogP contribution in [0.15, 0.2) is 70.9 Å². The zero-order valence-corrected chi connectivity index (χ0v) is 21.3. The normalized spacial score (nSPS) is 33.6. The van der Waals surface area contributed by atoms with Gasteiger partial charge in [-0.05, 0) is 118 Å². The number of hydrogen-bond donors (Lipinski definition) is 1. The lowest BCUT2D eigenvalue weighted by atomic mass is 9.51. The molecule has 0 amide bonds. The van der Waals surface area contributed by atoms with Crippen molar-refractivity contribution >= 4 is 11.8 Å². The number of ether oxygens (including phenoxy) is 1. The highest BCUT2D eigenvalue weighted by atomic mass is 16.5. The quantitative estimate of drug-likeness (QED) is 0.306. The molecule has 2 bridgehead atoms. The second kappa shape index (κ2) is 10.7. The Morgan fingerprint density at radius 2 is 1.69 bits per heavy atom. The molecule has 0 spiro atoms. The van der Waals surface area contributed by atoms with Crippen molar-refractivity contribution in [2.24, 2.45) is 22.7 Å². The lowest BCUT2D eigenvalue weighted by Gasteiger charge is -2.51. The van der Waals surface area contributed by atoms with E-state index in [1.807, 2.05) is 24.3 Å². The highest BCUT2D eigenvalue weighted by Gasteiger charge is 2.56. The Morgan fingerprint density at radius 1 is 0.917 bits per heavy atom. The molecular formula is C32H38O4. The topological polar surface area (TPSA) is 63.6 Å². The van der Waals surface area contributed by atoms with Crippen LogP contribution in [0.1, 0.15) is 83.5 Å². The maximum Gasteiger partial charge on any atom is 0.309 e. The number of hydrogen-bond acceptors (Lipinski definition) is 3. The van der Waals surface area contributed by atoms with Crippen molar-refractivity contribution in [1.29, 1.82) is 0 Å². The lowest BCUT2D eigenvalue weighted by molar-refractivity contribution is -0.164. The van der Waals surface area contributed by atoms with E-state index in [2.05, 4.69) is 29.7 Å². The molecule has 0 aromatic heterocycles. The fourth-order valence-electron chi connectivity index (χ4n) is 6.95. The van der Waals surface area contributed by atoms with E-state index >= 15 is 0 Å². The first-order chi connectivity index (χ1) is 17.5. The molecule has 4 nitrogen and oxygen atoms in total.